The number of aryl methyl sites for hydroxylation is 1. The molecule has 1 amide bonds. The van der Waals surface area contributed by atoms with Gasteiger partial charge in [0.15, 0.2) is 0 Å². The summed E-state index contributed by atoms with van der Waals surface area (Å²) in [7, 11) is 3.89. The van der Waals surface area contributed by atoms with E-state index in [9.17, 15) is 4.79 Å². The summed E-state index contributed by atoms with van der Waals surface area (Å²) in [5.41, 5.74) is 0.915. The lowest BCUT2D eigenvalue weighted by molar-refractivity contribution is -0.121. The van der Waals surface area contributed by atoms with E-state index < -0.39 is 0 Å². The van der Waals surface area contributed by atoms with Gasteiger partial charge in [0.2, 0.25) is 11.9 Å². The number of hydrogen-bond acceptors (Lipinski definition) is 5. The molecule has 0 aromatic carbocycles. The van der Waals surface area contributed by atoms with Gasteiger partial charge in [-0.3, -0.25) is 4.79 Å². The van der Waals surface area contributed by atoms with Crippen LogP contribution < -0.4 is 15.5 Å². The molecule has 1 aromatic rings. The van der Waals surface area contributed by atoms with Crippen molar-refractivity contribution in [3.8, 4) is 0 Å². The van der Waals surface area contributed by atoms with Crippen molar-refractivity contribution in [2.24, 2.45) is 0 Å². The van der Waals surface area contributed by atoms with E-state index in [1.165, 1.54) is 0 Å². The van der Waals surface area contributed by atoms with Crippen molar-refractivity contribution in [1.29, 1.82) is 0 Å². The first-order chi connectivity index (χ1) is 9.52. The van der Waals surface area contributed by atoms with E-state index in [2.05, 4.69) is 27.5 Å². The quantitative estimate of drug-likeness (QED) is 0.707. The molecule has 0 radical (unpaired) electrons. The Bertz CT molecular complexity index is 434. The van der Waals surface area contributed by atoms with Gasteiger partial charge in [-0.2, -0.15) is 4.98 Å². The van der Waals surface area contributed by atoms with Gasteiger partial charge < -0.3 is 15.5 Å². The van der Waals surface area contributed by atoms with Gasteiger partial charge in [0.25, 0.3) is 0 Å². The topological polar surface area (TPSA) is 70.2 Å². The van der Waals surface area contributed by atoms with Crippen molar-refractivity contribution < 1.29 is 4.79 Å². The molecule has 6 nitrogen and oxygen atoms in total. The Balaban J connectivity index is 2.37. The average Bonchev–Trinajstić information content (AvgIpc) is 2.40. The first-order valence-electron chi connectivity index (χ1n) is 7.06. The molecular weight excluding hydrogens is 254 g/mol. The molecule has 1 aromatic heterocycles. The van der Waals surface area contributed by atoms with Crippen LogP contribution in [0.5, 0.6) is 0 Å². The number of amides is 1. The Kier molecular flexibility index (Phi) is 6.76. The molecule has 0 aliphatic carbocycles. The summed E-state index contributed by atoms with van der Waals surface area (Å²) < 4.78 is 0. The first kappa shape index (κ1) is 16.2. The van der Waals surface area contributed by atoms with Crippen LogP contribution in [0.4, 0.5) is 11.8 Å². The number of hydrogen-bond donors (Lipinski definition) is 2. The highest BCUT2D eigenvalue weighted by Gasteiger charge is 2.04. The zero-order chi connectivity index (χ0) is 15.0. The molecule has 0 atom stereocenters. The minimum absolute atomic E-state index is 0.104. The second kappa shape index (κ2) is 8.35. The fourth-order valence-electron chi connectivity index (χ4n) is 1.66. The largest absolute Gasteiger partial charge is 0.363 e. The molecule has 0 unspecified atom stereocenters. The van der Waals surface area contributed by atoms with Gasteiger partial charge >= 0.3 is 0 Å². The zero-order valence-corrected chi connectivity index (χ0v) is 12.9. The Hall–Kier alpha value is -1.85. The van der Waals surface area contributed by atoms with Crippen LogP contribution >= 0.6 is 0 Å². The van der Waals surface area contributed by atoms with Crippen LogP contribution in [0.25, 0.3) is 0 Å². The summed E-state index contributed by atoms with van der Waals surface area (Å²) >= 11 is 0. The summed E-state index contributed by atoms with van der Waals surface area (Å²) in [6.45, 7) is 5.21. The van der Waals surface area contributed by atoms with Crippen molar-refractivity contribution in [2.75, 3.05) is 37.4 Å². The van der Waals surface area contributed by atoms with Crippen LogP contribution in [0, 0.1) is 6.92 Å². The third-order valence-electron chi connectivity index (χ3n) is 2.79. The highest BCUT2D eigenvalue weighted by molar-refractivity contribution is 5.75. The fraction of sp³-hybridized carbons (Fsp3) is 0.643. The molecular formula is C14H25N5O. The predicted molar refractivity (Wildman–Crippen MR) is 82.1 cm³/mol. The Morgan fingerprint density at radius 3 is 2.70 bits per heavy atom. The van der Waals surface area contributed by atoms with Crippen molar-refractivity contribution in [1.82, 2.24) is 15.3 Å². The van der Waals surface area contributed by atoms with Crippen LogP contribution in [-0.4, -0.2) is 43.1 Å². The van der Waals surface area contributed by atoms with E-state index in [0.717, 1.165) is 24.4 Å². The molecule has 20 heavy (non-hydrogen) atoms. The Morgan fingerprint density at radius 2 is 2.05 bits per heavy atom. The third-order valence-corrected chi connectivity index (χ3v) is 2.79. The molecule has 0 saturated heterocycles. The number of nitrogens with one attached hydrogen (secondary N) is 2. The van der Waals surface area contributed by atoms with Crippen molar-refractivity contribution >= 4 is 17.7 Å². The SMILES string of the molecule is CCCCC(=O)NCCNc1nc(C)cc(N(C)C)n1. The van der Waals surface area contributed by atoms with Crippen molar-refractivity contribution in [3.63, 3.8) is 0 Å². The lowest BCUT2D eigenvalue weighted by Gasteiger charge is -2.13. The van der Waals surface area contributed by atoms with E-state index in [1.54, 1.807) is 0 Å². The second-order valence-corrected chi connectivity index (χ2v) is 4.97. The molecule has 112 valence electrons. The number of rotatable bonds is 8. The van der Waals surface area contributed by atoms with Crippen LogP contribution in [-0.2, 0) is 4.79 Å². The number of nitrogens with zero attached hydrogens (tertiary/aromatic N) is 3. The molecule has 2 N–H and O–H groups in total. The lowest BCUT2D eigenvalue weighted by Crippen LogP contribution is -2.28. The minimum Gasteiger partial charge on any atom is -0.363 e. The van der Waals surface area contributed by atoms with Gasteiger partial charge in [0, 0.05) is 45.4 Å². The molecule has 0 bridgehead atoms. The van der Waals surface area contributed by atoms with Gasteiger partial charge in [-0.1, -0.05) is 13.3 Å². The van der Waals surface area contributed by atoms with E-state index in [1.807, 2.05) is 32.0 Å². The van der Waals surface area contributed by atoms with Crippen LogP contribution in [0.15, 0.2) is 6.07 Å². The summed E-state index contributed by atoms with van der Waals surface area (Å²) in [4.78, 5) is 22.1. The third kappa shape index (κ3) is 5.86. The highest BCUT2D eigenvalue weighted by Crippen LogP contribution is 2.11. The summed E-state index contributed by atoms with van der Waals surface area (Å²) in [6.07, 6.45) is 2.57. The fourth-order valence-corrected chi connectivity index (χ4v) is 1.66. The number of unbranched alkanes of at least 4 members (excludes halogenated alkanes) is 1. The van der Waals surface area contributed by atoms with Crippen LogP contribution in [0.1, 0.15) is 31.9 Å². The van der Waals surface area contributed by atoms with Crippen LogP contribution in [0.3, 0.4) is 0 Å². The zero-order valence-electron chi connectivity index (χ0n) is 12.9. The van der Waals surface area contributed by atoms with Gasteiger partial charge in [-0.25, -0.2) is 4.98 Å². The van der Waals surface area contributed by atoms with Gasteiger partial charge in [0.05, 0.1) is 0 Å². The maximum absolute atomic E-state index is 11.4. The monoisotopic (exact) mass is 279 g/mol. The van der Waals surface area contributed by atoms with Gasteiger partial charge in [-0.05, 0) is 13.3 Å². The maximum atomic E-state index is 11.4. The predicted octanol–water partition coefficient (Wildman–Crippen LogP) is 1.57. The molecule has 0 saturated carbocycles. The van der Waals surface area contributed by atoms with Gasteiger partial charge in [-0.15, -0.1) is 0 Å². The van der Waals surface area contributed by atoms with E-state index in [0.29, 0.717) is 25.5 Å². The summed E-state index contributed by atoms with van der Waals surface area (Å²) in [6, 6.07) is 1.93. The maximum Gasteiger partial charge on any atom is 0.224 e. The number of carbonyl (C=O) groups is 1. The van der Waals surface area contributed by atoms with Crippen molar-refractivity contribution in [2.45, 2.75) is 33.1 Å². The average molecular weight is 279 g/mol. The van der Waals surface area contributed by atoms with Crippen molar-refractivity contribution in [3.05, 3.63) is 11.8 Å². The van der Waals surface area contributed by atoms with Crippen LogP contribution in [0.2, 0.25) is 0 Å². The molecule has 0 fully saturated rings. The molecule has 0 aliphatic rings. The minimum atomic E-state index is 0.104. The summed E-state index contributed by atoms with van der Waals surface area (Å²) in [5.74, 6) is 1.57. The van der Waals surface area contributed by atoms with Gasteiger partial charge in [0.1, 0.15) is 5.82 Å². The first-order valence-corrected chi connectivity index (χ1v) is 7.06. The second-order valence-electron chi connectivity index (χ2n) is 4.97. The molecule has 6 heteroatoms. The highest BCUT2D eigenvalue weighted by atomic mass is 16.1. The molecule has 1 rings (SSSR count). The smallest absolute Gasteiger partial charge is 0.224 e. The summed E-state index contributed by atoms with van der Waals surface area (Å²) in [5, 5.41) is 6.00. The normalized spacial score (nSPS) is 10.2. The Morgan fingerprint density at radius 1 is 1.30 bits per heavy atom. The number of aromatic nitrogens is 2. The molecule has 0 spiro atoms. The number of anilines is 2. The van der Waals surface area contributed by atoms with E-state index in [4.69, 9.17) is 0 Å². The number of carbonyl (C=O) groups excluding carboxylic acids is 1. The molecule has 1 heterocycles. The lowest BCUT2D eigenvalue weighted by atomic mass is 10.2. The van der Waals surface area contributed by atoms with E-state index >= 15 is 0 Å². The standard InChI is InChI=1S/C14H25N5O/c1-5-6-7-13(20)15-8-9-16-14-17-11(2)10-12(18-14)19(3)4/h10H,5-9H2,1-4H3,(H,15,20)(H,16,17,18). The van der Waals surface area contributed by atoms with E-state index in [-0.39, 0.29) is 5.91 Å². The Labute approximate surface area is 121 Å². The molecule has 0 aliphatic heterocycles.